The molecule has 7 heteroatoms. The molecule has 1 aliphatic rings. The highest BCUT2D eigenvalue weighted by Crippen LogP contribution is 2.37. The van der Waals surface area contributed by atoms with Crippen LogP contribution in [0.15, 0.2) is 12.1 Å². The largest absolute Gasteiger partial charge is 0.433 e. The predicted octanol–water partition coefficient (Wildman–Crippen LogP) is 2.71. The zero-order valence-electron chi connectivity index (χ0n) is 10.1. The first-order chi connectivity index (χ1) is 8.83. The van der Waals surface area contributed by atoms with Crippen molar-refractivity contribution in [3.05, 3.63) is 28.5 Å². The van der Waals surface area contributed by atoms with Crippen LogP contribution in [0.3, 0.4) is 0 Å². The average Bonchev–Trinajstić information content (AvgIpc) is 2.53. The number of pyridine rings is 1. The fraction of sp³-hybridized carbons (Fsp3) is 0.583. The number of nitrogens with zero attached hydrogens (tertiary/aromatic N) is 1. The van der Waals surface area contributed by atoms with Gasteiger partial charge in [0.15, 0.2) is 0 Å². The van der Waals surface area contributed by atoms with E-state index >= 15 is 0 Å². The van der Waals surface area contributed by atoms with Crippen LogP contribution in [-0.2, 0) is 11.8 Å². The normalized spacial score (nSPS) is 25.1. The van der Waals surface area contributed by atoms with Gasteiger partial charge in [-0.3, -0.25) is 0 Å². The molecular weight excluding hydrogens is 281 g/mol. The summed E-state index contributed by atoms with van der Waals surface area (Å²) < 4.78 is 37.5. The molecule has 19 heavy (non-hydrogen) atoms. The second-order valence-corrected chi connectivity index (χ2v) is 5.03. The fourth-order valence-corrected chi connectivity index (χ4v) is 2.59. The lowest BCUT2D eigenvalue weighted by atomic mass is 9.88. The van der Waals surface area contributed by atoms with Gasteiger partial charge in [-0.15, -0.1) is 0 Å². The lowest BCUT2D eigenvalue weighted by Crippen LogP contribution is -2.28. The van der Waals surface area contributed by atoms with E-state index in [0.29, 0.717) is 19.4 Å². The smallest absolute Gasteiger partial charge is 0.385 e. The molecule has 3 nitrogen and oxygen atoms in total. The topological polar surface area (TPSA) is 45.2 Å². The number of hydrogen-bond donors (Lipinski definition) is 2. The van der Waals surface area contributed by atoms with E-state index in [9.17, 15) is 18.3 Å². The van der Waals surface area contributed by atoms with E-state index in [1.807, 2.05) is 0 Å². The van der Waals surface area contributed by atoms with Gasteiger partial charge in [0.05, 0.1) is 5.60 Å². The van der Waals surface area contributed by atoms with Crippen LogP contribution in [0, 0.1) is 0 Å². The van der Waals surface area contributed by atoms with Gasteiger partial charge < -0.3 is 10.4 Å². The Morgan fingerprint density at radius 1 is 1.26 bits per heavy atom. The van der Waals surface area contributed by atoms with Gasteiger partial charge in [0, 0.05) is 5.56 Å². The molecule has 2 N–H and O–H groups in total. The molecule has 2 rings (SSSR count). The predicted molar refractivity (Wildman–Crippen MR) is 64.9 cm³/mol. The van der Waals surface area contributed by atoms with Crippen molar-refractivity contribution in [1.29, 1.82) is 0 Å². The molecule has 1 fully saturated rings. The molecule has 1 atom stereocenters. The minimum absolute atomic E-state index is 0.269. The highest BCUT2D eigenvalue weighted by Gasteiger charge is 2.36. The Hall–Kier alpha value is -0.850. The molecule has 0 spiro atoms. The van der Waals surface area contributed by atoms with Crippen molar-refractivity contribution in [2.24, 2.45) is 0 Å². The van der Waals surface area contributed by atoms with Crippen molar-refractivity contribution >= 4 is 11.6 Å². The van der Waals surface area contributed by atoms with E-state index in [1.54, 1.807) is 0 Å². The lowest BCUT2D eigenvalue weighted by Gasteiger charge is -2.27. The van der Waals surface area contributed by atoms with Crippen molar-refractivity contribution in [1.82, 2.24) is 10.3 Å². The Morgan fingerprint density at radius 2 is 2.00 bits per heavy atom. The Balaban J connectivity index is 2.34. The molecule has 0 saturated carbocycles. The van der Waals surface area contributed by atoms with Crippen LogP contribution in [0.5, 0.6) is 0 Å². The second kappa shape index (κ2) is 5.26. The number of hydrogen-bond acceptors (Lipinski definition) is 3. The van der Waals surface area contributed by atoms with Crippen molar-refractivity contribution in [3.8, 4) is 0 Å². The molecule has 1 aromatic rings. The van der Waals surface area contributed by atoms with Gasteiger partial charge in [0.25, 0.3) is 0 Å². The first-order valence-corrected chi connectivity index (χ1v) is 6.38. The molecule has 1 saturated heterocycles. The van der Waals surface area contributed by atoms with Gasteiger partial charge in [-0.25, -0.2) is 4.98 Å². The first-order valence-electron chi connectivity index (χ1n) is 6.00. The van der Waals surface area contributed by atoms with Gasteiger partial charge in [0.2, 0.25) is 0 Å². The number of halogens is 4. The SMILES string of the molecule is OC1(c2ccc(C(F)(F)F)nc2Cl)CCCNCC1. The summed E-state index contributed by atoms with van der Waals surface area (Å²) in [6, 6.07) is 2.08. The monoisotopic (exact) mass is 294 g/mol. The Kier molecular flexibility index (Phi) is 4.03. The zero-order valence-corrected chi connectivity index (χ0v) is 10.9. The van der Waals surface area contributed by atoms with Crippen LogP contribution in [-0.4, -0.2) is 23.2 Å². The third kappa shape index (κ3) is 3.19. The van der Waals surface area contributed by atoms with Gasteiger partial charge in [-0.1, -0.05) is 17.7 Å². The summed E-state index contributed by atoms with van der Waals surface area (Å²) in [5.41, 5.74) is -1.99. The summed E-state index contributed by atoms with van der Waals surface area (Å²) in [4.78, 5) is 3.36. The maximum absolute atomic E-state index is 12.5. The third-order valence-corrected chi connectivity index (χ3v) is 3.59. The van der Waals surface area contributed by atoms with Crippen molar-refractivity contribution in [2.75, 3.05) is 13.1 Å². The summed E-state index contributed by atoms with van der Waals surface area (Å²) in [7, 11) is 0. The maximum Gasteiger partial charge on any atom is 0.433 e. The molecule has 106 valence electrons. The molecule has 1 aliphatic heterocycles. The summed E-state index contributed by atoms with van der Waals surface area (Å²) in [5.74, 6) is 0. The molecular formula is C12H14ClF3N2O. The number of alkyl halides is 3. The van der Waals surface area contributed by atoms with Crippen LogP contribution < -0.4 is 5.32 Å². The third-order valence-electron chi connectivity index (χ3n) is 3.30. The van der Waals surface area contributed by atoms with Gasteiger partial charge >= 0.3 is 6.18 Å². The van der Waals surface area contributed by atoms with E-state index in [2.05, 4.69) is 10.3 Å². The minimum Gasteiger partial charge on any atom is -0.385 e. The van der Waals surface area contributed by atoms with E-state index < -0.39 is 17.5 Å². The van der Waals surface area contributed by atoms with Crippen molar-refractivity contribution < 1.29 is 18.3 Å². The fourth-order valence-electron chi connectivity index (χ4n) is 2.26. The van der Waals surface area contributed by atoms with E-state index in [0.717, 1.165) is 19.0 Å². The molecule has 0 bridgehead atoms. The van der Waals surface area contributed by atoms with Crippen LogP contribution in [0.2, 0.25) is 5.15 Å². The Bertz CT molecular complexity index is 457. The molecule has 1 aromatic heterocycles. The van der Waals surface area contributed by atoms with E-state index in [1.165, 1.54) is 6.07 Å². The summed E-state index contributed by atoms with van der Waals surface area (Å²) in [6.45, 7) is 1.36. The molecule has 0 amide bonds. The van der Waals surface area contributed by atoms with Crippen molar-refractivity contribution in [2.45, 2.75) is 31.0 Å². The average molecular weight is 295 g/mol. The van der Waals surface area contributed by atoms with Gasteiger partial charge in [-0.05, 0) is 38.4 Å². The Morgan fingerprint density at radius 3 is 2.63 bits per heavy atom. The van der Waals surface area contributed by atoms with E-state index in [-0.39, 0.29) is 10.7 Å². The standard InChI is InChI=1S/C12H14ClF3N2O/c13-10-8(2-3-9(18-10)12(14,15)16)11(19)4-1-6-17-7-5-11/h2-3,17,19H,1,4-7H2. The molecule has 0 aromatic carbocycles. The second-order valence-electron chi connectivity index (χ2n) is 4.67. The van der Waals surface area contributed by atoms with Crippen molar-refractivity contribution in [3.63, 3.8) is 0 Å². The number of rotatable bonds is 1. The molecule has 0 radical (unpaired) electrons. The minimum atomic E-state index is -4.53. The number of aliphatic hydroxyl groups is 1. The highest BCUT2D eigenvalue weighted by atomic mass is 35.5. The highest BCUT2D eigenvalue weighted by molar-refractivity contribution is 6.30. The maximum atomic E-state index is 12.5. The lowest BCUT2D eigenvalue weighted by molar-refractivity contribution is -0.141. The van der Waals surface area contributed by atoms with Crippen LogP contribution >= 0.6 is 11.6 Å². The molecule has 0 aliphatic carbocycles. The zero-order chi connectivity index (χ0) is 14.1. The summed E-state index contributed by atoms with van der Waals surface area (Å²) >= 11 is 5.82. The molecule has 1 unspecified atom stereocenters. The molecule has 2 heterocycles. The van der Waals surface area contributed by atoms with Gasteiger partial charge in [0.1, 0.15) is 10.8 Å². The number of nitrogens with one attached hydrogen (secondary N) is 1. The van der Waals surface area contributed by atoms with Crippen LogP contribution in [0.1, 0.15) is 30.5 Å². The number of aromatic nitrogens is 1. The first kappa shape index (κ1) is 14.6. The van der Waals surface area contributed by atoms with Gasteiger partial charge in [-0.2, -0.15) is 13.2 Å². The summed E-state index contributed by atoms with van der Waals surface area (Å²) in [6.07, 6.45) is -2.95. The summed E-state index contributed by atoms with van der Waals surface area (Å²) in [5, 5.41) is 13.4. The van der Waals surface area contributed by atoms with Crippen LogP contribution in [0.4, 0.5) is 13.2 Å². The van der Waals surface area contributed by atoms with E-state index in [4.69, 9.17) is 11.6 Å². The van der Waals surface area contributed by atoms with Crippen LogP contribution in [0.25, 0.3) is 0 Å². The Labute approximate surface area is 113 Å². The quantitative estimate of drug-likeness (QED) is 0.783.